The molecule has 0 amide bonds. The van der Waals surface area contributed by atoms with Crippen LogP contribution in [0, 0.1) is 0 Å². The van der Waals surface area contributed by atoms with Crippen molar-refractivity contribution in [1.82, 2.24) is 5.06 Å². The van der Waals surface area contributed by atoms with Crippen molar-refractivity contribution >= 4 is 19.7 Å². The van der Waals surface area contributed by atoms with E-state index in [9.17, 15) is 13.6 Å². The summed E-state index contributed by atoms with van der Waals surface area (Å²) in [6.07, 6.45) is 1.19. The number of hydrogen-bond acceptors (Lipinski definition) is 4. The third kappa shape index (κ3) is 2.70. The molecular formula is C11H20NO3S2. The van der Waals surface area contributed by atoms with Crippen LogP contribution in [-0.2, 0) is 14.1 Å². The van der Waals surface area contributed by atoms with E-state index < -0.39 is 19.9 Å². The molecule has 0 aromatic heterocycles. The number of nitrogens with zero attached hydrogens (tertiary/aromatic N) is 1. The summed E-state index contributed by atoms with van der Waals surface area (Å²) in [7, 11) is -2.19. The largest absolute Gasteiger partial charge is 0.218 e. The molecule has 0 aromatic rings. The summed E-state index contributed by atoms with van der Waals surface area (Å²) in [5.74, 6) is 0.361. The van der Waals surface area contributed by atoms with Gasteiger partial charge < -0.3 is 0 Å². The highest BCUT2D eigenvalue weighted by Crippen LogP contribution is 2.45. The van der Waals surface area contributed by atoms with Gasteiger partial charge in [0.25, 0.3) is 0 Å². The zero-order valence-electron chi connectivity index (χ0n) is 11.2. The lowest BCUT2D eigenvalue weighted by molar-refractivity contribution is -0.240. The second-order valence-corrected chi connectivity index (χ2v) is 9.94. The van der Waals surface area contributed by atoms with E-state index in [0.29, 0.717) is 5.75 Å². The Kier molecular flexibility index (Phi) is 3.76. The summed E-state index contributed by atoms with van der Waals surface area (Å²) >= 11 is 0. The maximum atomic E-state index is 12.2. The van der Waals surface area contributed by atoms with Gasteiger partial charge in [-0.05, 0) is 56.6 Å². The first kappa shape index (κ1) is 15.0. The average molecular weight is 278 g/mol. The molecule has 0 spiro atoms. The molecule has 1 aliphatic rings. The molecule has 0 fully saturated rings. The Balaban J connectivity index is 3.08. The van der Waals surface area contributed by atoms with Gasteiger partial charge in [-0.3, -0.25) is 0 Å². The van der Waals surface area contributed by atoms with E-state index in [0.717, 1.165) is 27.0 Å². The monoisotopic (exact) mass is 278 g/mol. The van der Waals surface area contributed by atoms with E-state index >= 15 is 0 Å². The highest BCUT2D eigenvalue weighted by molar-refractivity contribution is 8.71. The van der Waals surface area contributed by atoms with Gasteiger partial charge >= 0.3 is 0 Å². The zero-order valence-corrected chi connectivity index (χ0v) is 12.8. The fraction of sp³-hybridized carbons (Fsp3) is 0.818. The van der Waals surface area contributed by atoms with Crippen LogP contribution in [0.2, 0.25) is 0 Å². The molecule has 1 rings (SSSR count). The second kappa shape index (κ2) is 4.26. The van der Waals surface area contributed by atoms with Crippen LogP contribution in [0.1, 0.15) is 34.6 Å². The lowest BCUT2D eigenvalue weighted by atomic mass is 9.93. The molecule has 0 saturated heterocycles. The Labute approximate surface area is 107 Å². The van der Waals surface area contributed by atoms with Gasteiger partial charge in [0.15, 0.2) is 8.87 Å². The minimum atomic E-state index is -3.08. The Morgan fingerprint density at radius 2 is 1.65 bits per heavy atom. The molecule has 0 N–H and O–H groups in total. The molecule has 0 saturated carbocycles. The lowest BCUT2D eigenvalue weighted by Gasteiger charge is -2.34. The van der Waals surface area contributed by atoms with E-state index in [1.165, 1.54) is 6.26 Å². The molecule has 0 aromatic carbocycles. The molecule has 99 valence electrons. The second-order valence-electron chi connectivity index (χ2n) is 5.48. The molecule has 0 aliphatic carbocycles. The van der Waals surface area contributed by atoms with Crippen molar-refractivity contribution in [3.8, 4) is 0 Å². The summed E-state index contributed by atoms with van der Waals surface area (Å²) < 4.78 is 22.4. The van der Waals surface area contributed by atoms with E-state index in [1.807, 2.05) is 34.6 Å². The van der Waals surface area contributed by atoms with Crippen molar-refractivity contribution in [2.75, 3.05) is 12.0 Å². The predicted octanol–water partition coefficient (Wildman–Crippen LogP) is 2.21. The summed E-state index contributed by atoms with van der Waals surface area (Å²) in [6, 6.07) is 0. The minimum absolute atomic E-state index is 0.361. The van der Waals surface area contributed by atoms with Gasteiger partial charge in [-0.1, -0.05) is 0 Å². The first-order valence-corrected chi connectivity index (χ1v) is 8.82. The Bertz CT molecular complexity index is 449. The first-order valence-electron chi connectivity index (χ1n) is 5.43. The van der Waals surface area contributed by atoms with Crippen LogP contribution in [0.3, 0.4) is 0 Å². The average Bonchev–Trinajstić information content (AvgIpc) is 2.23. The van der Waals surface area contributed by atoms with Crippen molar-refractivity contribution in [3.05, 3.63) is 11.1 Å². The third-order valence-corrected chi connectivity index (χ3v) is 6.01. The van der Waals surface area contributed by atoms with Crippen molar-refractivity contribution in [2.24, 2.45) is 0 Å². The Hall–Kier alpha value is -0.0400. The van der Waals surface area contributed by atoms with Crippen LogP contribution < -0.4 is 0 Å². The van der Waals surface area contributed by atoms with Gasteiger partial charge in [-0.25, -0.2) is 8.42 Å². The van der Waals surface area contributed by atoms with E-state index in [4.69, 9.17) is 0 Å². The smallest absolute Gasteiger partial charge is 0.199 e. The molecule has 1 heterocycles. The van der Waals surface area contributed by atoms with Gasteiger partial charge in [0.05, 0.1) is 11.1 Å². The Morgan fingerprint density at radius 1 is 1.18 bits per heavy atom. The predicted molar refractivity (Wildman–Crippen MR) is 70.7 cm³/mol. The fourth-order valence-corrected chi connectivity index (χ4v) is 4.15. The van der Waals surface area contributed by atoms with Gasteiger partial charge in [-0.15, -0.1) is 10.3 Å². The molecule has 17 heavy (non-hydrogen) atoms. The molecular weight excluding hydrogens is 258 g/mol. The van der Waals surface area contributed by atoms with Gasteiger partial charge in [0.1, 0.15) is 0 Å². The molecule has 4 nitrogen and oxygen atoms in total. The van der Waals surface area contributed by atoms with Crippen LogP contribution in [0.15, 0.2) is 11.1 Å². The molecule has 0 unspecified atom stereocenters. The lowest BCUT2D eigenvalue weighted by Crippen LogP contribution is -2.47. The third-order valence-electron chi connectivity index (χ3n) is 3.54. The van der Waals surface area contributed by atoms with Crippen LogP contribution in [-0.4, -0.2) is 36.6 Å². The van der Waals surface area contributed by atoms with Crippen molar-refractivity contribution in [1.29, 1.82) is 0 Å². The maximum Gasteiger partial charge on any atom is 0.199 e. The first-order chi connectivity index (χ1) is 7.40. The molecule has 0 bridgehead atoms. The van der Waals surface area contributed by atoms with Crippen molar-refractivity contribution < 1.29 is 13.6 Å². The summed E-state index contributed by atoms with van der Waals surface area (Å²) in [6.45, 7) is 9.34. The van der Waals surface area contributed by atoms with Crippen LogP contribution in [0.5, 0.6) is 0 Å². The zero-order chi connectivity index (χ0) is 13.6. The fourth-order valence-electron chi connectivity index (χ4n) is 2.25. The van der Waals surface area contributed by atoms with E-state index in [1.54, 1.807) is 0 Å². The summed E-state index contributed by atoms with van der Waals surface area (Å²) in [4.78, 5) is 0. The maximum absolute atomic E-state index is 12.2. The van der Waals surface area contributed by atoms with Gasteiger partial charge in [-0.2, -0.15) is 0 Å². The molecule has 0 atom stereocenters. The highest BCUT2D eigenvalue weighted by Gasteiger charge is 2.49. The Morgan fingerprint density at radius 3 is 1.94 bits per heavy atom. The van der Waals surface area contributed by atoms with E-state index in [-0.39, 0.29) is 0 Å². The normalized spacial score (nSPS) is 24.4. The molecule has 1 aliphatic heterocycles. The topological polar surface area (TPSA) is 57.3 Å². The summed E-state index contributed by atoms with van der Waals surface area (Å²) in [5.41, 5.74) is 0.712. The number of hydrogen-bond donors (Lipinski definition) is 0. The minimum Gasteiger partial charge on any atom is -0.218 e. The highest BCUT2D eigenvalue weighted by atomic mass is 33.1. The molecule has 6 heteroatoms. The standard InChI is InChI=1S/C11H20NO3S2/c1-8-9(7-16-17(6,14)15)11(4,5)12(13)10(8,2)3/h7H2,1-6H3. The SMILES string of the molecule is CC1=C(CSS(C)(=O)=O)C(C)(C)N([O])C1(C)C. The molecule has 1 radical (unpaired) electrons. The summed E-state index contributed by atoms with van der Waals surface area (Å²) in [5, 5.41) is 13.3. The van der Waals surface area contributed by atoms with E-state index in [2.05, 4.69) is 0 Å². The number of rotatable bonds is 3. The quantitative estimate of drug-likeness (QED) is 0.586. The van der Waals surface area contributed by atoms with Gasteiger partial charge in [0.2, 0.25) is 0 Å². The number of hydroxylamine groups is 2. The van der Waals surface area contributed by atoms with Crippen molar-refractivity contribution in [3.63, 3.8) is 0 Å². The van der Waals surface area contributed by atoms with Crippen LogP contribution >= 0.6 is 10.8 Å². The van der Waals surface area contributed by atoms with Crippen LogP contribution in [0.25, 0.3) is 0 Å². The van der Waals surface area contributed by atoms with Crippen LogP contribution in [0.4, 0.5) is 0 Å². The van der Waals surface area contributed by atoms with Crippen molar-refractivity contribution in [2.45, 2.75) is 45.7 Å². The van der Waals surface area contributed by atoms with Gasteiger partial charge in [0, 0.05) is 12.0 Å².